The molecule has 1 amide bonds. The number of aliphatic hydroxyl groups excluding tert-OH is 1. The van der Waals surface area contributed by atoms with Crippen LogP contribution in [0.25, 0.3) is 0 Å². The van der Waals surface area contributed by atoms with E-state index in [4.69, 9.17) is 9.84 Å². The van der Waals surface area contributed by atoms with Crippen LogP contribution in [0.2, 0.25) is 0 Å². The molecule has 0 fully saturated rings. The summed E-state index contributed by atoms with van der Waals surface area (Å²) in [6.45, 7) is 3.00. The largest absolute Gasteiger partial charge is 0.395 e. The van der Waals surface area contributed by atoms with E-state index in [0.29, 0.717) is 25.1 Å². The molecule has 0 saturated carbocycles. The quantitative estimate of drug-likeness (QED) is 0.827. The van der Waals surface area contributed by atoms with E-state index in [1.54, 1.807) is 25.1 Å². The first-order chi connectivity index (χ1) is 9.61. The fraction of sp³-hybridized carbons (Fsp3) is 0.438. The van der Waals surface area contributed by atoms with Gasteiger partial charge in [0.25, 0.3) is 5.91 Å². The number of aliphatic hydroxyl groups is 1. The maximum atomic E-state index is 12.3. The number of likely N-dealkylation sites (N-methyl/N-ethyl adjacent to an activating group) is 1. The molecule has 0 radical (unpaired) electrons. The monoisotopic (exact) mass is 275 g/mol. The van der Waals surface area contributed by atoms with E-state index in [1.807, 2.05) is 19.1 Å². The van der Waals surface area contributed by atoms with Crippen LogP contribution < -0.4 is 0 Å². The predicted octanol–water partition coefficient (Wildman–Crippen LogP) is 1.45. The van der Waals surface area contributed by atoms with Crippen LogP contribution in [0.4, 0.5) is 0 Å². The summed E-state index contributed by atoms with van der Waals surface area (Å²) < 4.78 is 4.98. The van der Waals surface area contributed by atoms with Crippen molar-refractivity contribution in [2.75, 3.05) is 33.9 Å². The van der Waals surface area contributed by atoms with Gasteiger partial charge in [-0.25, -0.2) is 0 Å². The van der Waals surface area contributed by atoms with Crippen LogP contribution in [-0.4, -0.2) is 49.8 Å². The minimum Gasteiger partial charge on any atom is -0.395 e. The molecule has 4 heteroatoms. The molecule has 0 aromatic heterocycles. The Labute approximate surface area is 120 Å². The summed E-state index contributed by atoms with van der Waals surface area (Å²) >= 11 is 0. The number of carbonyl (C=O) groups is 1. The zero-order chi connectivity index (χ0) is 15.0. The molecule has 0 aliphatic carbocycles. The van der Waals surface area contributed by atoms with Crippen LogP contribution in [0.5, 0.6) is 0 Å². The molecular formula is C16H21NO3. The Morgan fingerprint density at radius 3 is 2.85 bits per heavy atom. The van der Waals surface area contributed by atoms with Crippen molar-refractivity contribution in [1.29, 1.82) is 0 Å². The first-order valence-corrected chi connectivity index (χ1v) is 6.55. The van der Waals surface area contributed by atoms with E-state index in [2.05, 4.69) is 11.8 Å². The minimum atomic E-state index is -0.0367. The number of methoxy groups -OCH3 is 1. The highest BCUT2D eigenvalue weighted by atomic mass is 16.5. The average Bonchev–Trinajstić information content (AvgIpc) is 2.46. The highest BCUT2D eigenvalue weighted by Crippen LogP contribution is 2.14. The molecule has 0 unspecified atom stereocenters. The maximum absolute atomic E-state index is 12.3. The fourth-order valence-electron chi connectivity index (χ4n) is 1.75. The van der Waals surface area contributed by atoms with Crippen molar-refractivity contribution in [3.8, 4) is 11.8 Å². The van der Waals surface area contributed by atoms with Crippen LogP contribution in [0.15, 0.2) is 18.2 Å². The Bertz CT molecular complexity index is 514. The molecule has 1 rings (SSSR count). The van der Waals surface area contributed by atoms with Crippen LogP contribution >= 0.6 is 0 Å². The summed E-state index contributed by atoms with van der Waals surface area (Å²) in [5, 5.41) is 8.74. The predicted molar refractivity (Wildman–Crippen MR) is 78.6 cm³/mol. The Balaban J connectivity index is 2.94. The second-order valence-corrected chi connectivity index (χ2v) is 4.47. The first-order valence-electron chi connectivity index (χ1n) is 6.55. The lowest BCUT2D eigenvalue weighted by molar-refractivity contribution is 0.0743. The third-order valence-corrected chi connectivity index (χ3v) is 3.00. The Hall–Kier alpha value is -1.83. The molecule has 0 aliphatic heterocycles. The van der Waals surface area contributed by atoms with Crippen molar-refractivity contribution in [2.24, 2.45) is 0 Å². The summed E-state index contributed by atoms with van der Waals surface area (Å²) in [6, 6.07) is 5.51. The van der Waals surface area contributed by atoms with Crippen molar-refractivity contribution in [1.82, 2.24) is 4.90 Å². The molecular weight excluding hydrogens is 254 g/mol. The maximum Gasteiger partial charge on any atom is 0.253 e. The van der Waals surface area contributed by atoms with Crippen molar-refractivity contribution in [3.63, 3.8) is 0 Å². The summed E-state index contributed by atoms with van der Waals surface area (Å²) in [4.78, 5) is 14.0. The van der Waals surface area contributed by atoms with Crippen LogP contribution in [0, 0.1) is 18.8 Å². The average molecular weight is 275 g/mol. The van der Waals surface area contributed by atoms with Gasteiger partial charge in [0.1, 0.15) is 0 Å². The van der Waals surface area contributed by atoms with Gasteiger partial charge in [0.05, 0.1) is 13.2 Å². The zero-order valence-electron chi connectivity index (χ0n) is 12.3. The number of rotatable bonds is 5. The molecule has 0 bridgehead atoms. The number of benzene rings is 1. The van der Waals surface area contributed by atoms with Crippen molar-refractivity contribution in [3.05, 3.63) is 34.9 Å². The fourth-order valence-corrected chi connectivity index (χ4v) is 1.75. The summed E-state index contributed by atoms with van der Waals surface area (Å²) in [7, 11) is 3.37. The molecule has 0 aliphatic rings. The van der Waals surface area contributed by atoms with Gasteiger partial charge >= 0.3 is 0 Å². The molecule has 1 aromatic carbocycles. The molecule has 20 heavy (non-hydrogen) atoms. The van der Waals surface area contributed by atoms with Gasteiger partial charge in [-0.3, -0.25) is 4.79 Å². The lowest BCUT2D eigenvalue weighted by Crippen LogP contribution is -2.30. The van der Waals surface area contributed by atoms with Crippen LogP contribution in [0.3, 0.4) is 0 Å². The molecule has 1 aromatic rings. The molecule has 0 spiro atoms. The van der Waals surface area contributed by atoms with E-state index in [-0.39, 0.29) is 12.5 Å². The van der Waals surface area contributed by atoms with E-state index < -0.39 is 0 Å². The van der Waals surface area contributed by atoms with Gasteiger partial charge < -0.3 is 14.7 Å². The number of carbonyl (C=O) groups excluding carboxylic acids is 1. The number of hydrogen-bond donors (Lipinski definition) is 1. The zero-order valence-corrected chi connectivity index (χ0v) is 12.3. The molecule has 0 atom stereocenters. The lowest BCUT2D eigenvalue weighted by atomic mass is 10.0. The second-order valence-electron chi connectivity index (χ2n) is 4.47. The van der Waals surface area contributed by atoms with Gasteiger partial charge in [-0.2, -0.15) is 0 Å². The standard InChI is InChI=1S/C16H21NO3/c1-13-14(7-4-5-11-18)8-6-9-15(13)16(19)17(2)10-12-20-3/h6,8-9,18H,5,10-12H2,1-3H3. The SMILES string of the molecule is COCCN(C)C(=O)c1cccc(C#CCCO)c1C. The number of ether oxygens (including phenoxy) is 1. The second kappa shape index (κ2) is 8.36. The summed E-state index contributed by atoms with van der Waals surface area (Å²) in [5.41, 5.74) is 2.34. The normalized spacial score (nSPS) is 9.80. The summed E-state index contributed by atoms with van der Waals surface area (Å²) in [6.07, 6.45) is 0.436. The van der Waals surface area contributed by atoms with Crippen LogP contribution in [-0.2, 0) is 4.74 Å². The van der Waals surface area contributed by atoms with Crippen LogP contribution in [0.1, 0.15) is 27.9 Å². The minimum absolute atomic E-state index is 0.0367. The Morgan fingerprint density at radius 1 is 1.45 bits per heavy atom. The highest BCUT2D eigenvalue weighted by molar-refractivity contribution is 5.96. The van der Waals surface area contributed by atoms with Gasteiger partial charge in [0, 0.05) is 38.2 Å². The third-order valence-electron chi connectivity index (χ3n) is 3.00. The highest BCUT2D eigenvalue weighted by Gasteiger charge is 2.14. The van der Waals surface area contributed by atoms with Gasteiger partial charge in [0.2, 0.25) is 0 Å². The number of nitrogens with zero attached hydrogens (tertiary/aromatic N) is 1. The molecule has 0 saturated heterocycles. The topological polar surface area (TPSA) is 49.8 Å². The van der Waals surface area contributed by atoms with Crippen molar-refractivity contribution in [2.45, 2.75) is 13.3 Å². The van der Waals surface area contributed by atoms with Gasteiger partial charge in [-0.05, 0) is 24.6 Å². The van der Waals surface area contributed by atoms with Crippen molar-refractivity contribution >= 4 is 5.91 Å². The van der Waals surface area contributed by atoms with E-state index in [9.17, 15) is 4.79 Å². The Morgan fingerprint density at radius 2 is 2.20 bits per heavy atom. The smallest absolute Gasteiger partial charge is 0.253 e. The molecule has 0 heterocycles. The van der Waals surface area contributed by atoms with E-state index >= 15 is 0 Å². The molecule has 1 N–H and O–H groups in total. The first kappa shape index (κ1) is 16.2. The van der Waals surface area contributed by atoms with Gasteiger partial charge in [-0.15, -0.1) is 0 Å². The molecule has 4 nitrogen and oxygen atoms in total. The Kier molecular flexibility index (Phi) is 6.78. The van der Waals surface area contributed by atoms with E-state index in [1.165, 1.54) is 0 Å². The van der Waals surface area contributed by atoms with Gasteiger partial charge in [-0.1, -0.05) is 17.9 Å². The van der Waals surface area contributed by atoms with E-state index in [0.717, 1.165) is 11.1 Å². The molecule has 108 valence electrons. The van der Waals surface area contributed by atoms with Crippen molar-refractivity contribution < 1.29 is 14.6 Å². The lowest BCUT2D eigenvalue weighted by Gasteiger charge is -2.18. The van der Waals surface area contributed by atoms with Gasteiger partial charge in [0.15, 0.2) is 0 Å². The number of hydrogen-bond acceptors (Lipinski definition) is 3. The summed E-state index contributed by atoms with van der Waals surface area (Å²) in [5.74, 6) is 5.83. The number of amides is 1. The third kappa shape index (κ3) is 4.37.